The summed E-state index contributed by atoms with van der Waals surface area (Å²) in [4.78, 5) is 28.1. The number of nitrogen functional groups attached to an aromatic ring is 1. The molecule has 1 aromatic rings. The number of thioether (sulfide) groups is 1. The lowest BCUT2D eigenvalue weighted by molar-refractivity contribution is -0.138. The minimum absolute atomic E-state index is 0.0585. The molecule has 0 bridgehead atoms. The van der Waals surface area contributed by atoms with Gasteiger partial charge in [-0.1, -0.05) is 11.8 Å². The standard InChI is InChI=1S/C8H11N3O3S/c1-8(2,7(13)14)15-6-4(9)5(12)10-3-11-6/h3H,9H2,1-2H3,(H,13,14)(H,10,11,12). The molecular formula is C8H11N3O3S. The minimum Gasteiger partial charge on any atom is -0.480 e. The maximum atomic E-state index is 11.1. The van der Waals surface area contributed by atoms with Gasteiger partial charge in [0, 0.05) is 0 Å². The Morgan fingerprint density at radius 2 is 2.27 bits per heavy atom. The highest BCUT2D eigenvalue weighted by atomic mass is 32.2. The van der Waals surface area contributed by atoms with Gasteiger partial charge in [-0.25, -0.2) is 4.98 Å². The average molecular weight is 229 g/mol. The predicted molar refractivity (Wildman–Crippen MR) is 56.8 cm³/mol. The summed E-state index contributed by atoms with van der Waals surface area (Å²) in [5.74, 6) is -0.992. The van der Waals surface area contributed by atoms with E-state index >= 15 is 0 Å². The van der Waals surface area contributed by atoms with Crippen molar-refractivity contribution in [2.45, 2.75) is 23.6 Å². The molecule has 0 fully saturated rings. The molecule has 0 amide bonds. The highest BCUT2D eigenvalue weighted by Crippen LogP contribution is 2.32. The van der Waals surface area contributed by atoms with Gasteiger partial charge in [-0.05, 0) is 13.8 Å². The molecule has 0 saturated heterocycles. The zero-order valence-corrected chi connectivity index (χ0v) is 9.09. The monoisotopic (exact) mass is 229 g/mol. The maximum absolute atomic E-state index is 11.1. The Morgan fingerprint density at radius 1 is 1.67 bits per heavy atom. The van der Waals surface area contributed by atoms with E-state index in [0.717, 1.165) is 11.8 Å². The first-order chi connectivity index (χ1) is 6.84. The first-order valence-corrected chi connectivity index (χ1v) is 4.92. The van der Waals surface area contributed by atoms with Crippen molar-refractivity contribution in [2.75, 3.05) is 5.73 Å². The number of rotatable bonds is 3. The van der Waals surface area contributed by atoms with E-state index in [4.69, 9.17) is 10.8 Å². The summed E-state index contributed by atoms with van der Waals surface area (Å²) >= 11 is 0.939. The second kappa shape index (κ2) is 3.93. The van der Waals surface area contributed by atoms with E-state index in [9.17, 15) is 9.59 Å². The van der Waals surface area contributed by atoms with Crippen molar-refractivity contribution in [2.24, 2.45) is 0 Å². The smallest absolute Gasteiger partial charge is 0.319 e. The summed E-state index contributed by atoms with van der Waals surface area (Å²) in [5, 5.41) is 9.12. The predicted octanol–water partition coefficient (Wildman–Crippen LogP) is 0.307. The maximum Gasteiger partial charge on any atom is 0.319 e. The van der Waals surface area contributed by atoms with E-state index in [-0.39, 0.29) is 10.7 Å². The third kappa shape index (κ3) is 2.50. The Labute approximate surface area is 89.9 Å². The minimum atomic E-state index is -1.07. The Kier molecular flexibility index (Phi) is 3.04. The van der Waals surface area contributed by atoms with E-state index < -0.39 is 16.3 Å². The molecule has 1 heterocycles. The zero-order valence-electron chi connectivity index (χ0n) is 8.27. The lowest BCUT2D eigenvalue weighted by Gasteiger charge is -2.17. The van der Waals surface area contributed by atoms with Gasteiger partial charge >= 0.3 is 5.97 Å². The molecule has 6 nitrogen and oxygen atoms in total. The van der Waals surface area contributed by atoms with Crippen LogP contribution in [0.1, 0.15) is 13.8 Å². The first-order valence-electron chi connectivity index (χ1n) is 4.10. The molecule has 0 aliphatic rings. The highest BCUT2D eigenvalue weighted by Gasteiger charge is 2.30. The Bertz CT molecular complexity index is 441. The van der Waals surface area contributed by atoms with E-state index in [2.05, 4.69) is 9.97 Å². The second-order valence-corrected chi connectivity index (χ2v) is 4.98. The van der Waals surface area contributed by atoms with Crippen LogP contribution in [0.2, 0.25) is 0 Å². The molecule has 1 aromatic heterocycles. The molecule has 0 aliphatic carbocycles. The van der Waals surface area contributed by atoms with Crippen LogP contribution >= 0.6 is 11.8 Å². The van der Waals surface area contributed by atoms with Gasteiger partial charge < -0.3 is 15.8 Å². The Balaban J connectivity index is 3.05. The van der Waals surface area contributed by atoms with E-state index in [1.807, 2.05) is 0 Å². The topological polar surface area (TPSA) is 109 Å². The number of H-pyrrole nitrogens is 1. The molecule has 7 heteroatoms. The van der Waals surface area contributed by atoms with Gasteiger partial charge in [0.05, 0.1) is 6.33 Å². The SMILES string of the molecule is CC(C)(Sc1nc[nH]c(=O)c1N)C(=O)O. The molecule has 82 valence electrons. The van der Waals surface area contributed by atoms with Crippen LogP contribution in [0.25, 0.3) is 0 Å². The quantitative estimate of drug-likeness (QED) is 0.508. The van der Waals surface area contributed by atoms with Crippen LogP contribution in [0.4, 0.5) is 5.69 Å². The number of carbonyl (C=O) groups is 1. The number of anilines is 1. The summed E-state index contributed by atoms with van der Waals surface area (Å²) in [7, 11) is 0. The number of aromatic nitrogens is 2. The van der Waals surface area contributed by atoms with Crippen LogP contribution in [-0.4, -0.2) is 25.8 Å². The van der Waals surface area contributed by atoms with Crippen LogP contribution in [0.3, 0.4) is 0 Å². The molecule has 15 heavy (non-hydrogen) atoms. The van der Waals surface area contributed by atoms with Crippen LogP contribution in [-0.2, 0) is 4.79 Å². The largest absolute Gasteiger partial charge is 0.480 e. The Hall–Kier alpha value is -1.50. The van der Waals surface area contributed by atoms with Gasteiger partial charge in [-0.2, -0.15) is 0 Å². The van der Waals surface area contributed by atoms with Crippen molar-refractivity contribution in [1.29, 1.82) is 0 Å². The van der Waals surface area contributed by atoms with E-state index in [0.29, 0.717) is 0 Å². The van der Waals surface area contributed by atoms with Gasteiger partial charge in [0.25, 0.3) is 5.56 Å². The molecule has 0 saturated carbocycles. The molecule has 0 aromatic carbocycles. The van der Waals surface area contributed by atoms with Crippen LogP contribution < -0.4 is 11.3 Å². The van der Waals surface area contributed by atoms with Crippen molar-refractivity contribution >= 4 is 23.4 Å². The molecule has 0 aliphatic heterocycles. The fourth-order valence-electron chi connectivity index (χ4n) is 0.761. The molecule has 0 atom stereocenters. The average Bonchev–Trinajstić information content (AvgIpc) is 2.12. The van der Waals surface area contributed by atoms with Gasteiger partial charge in [0.15, 0.2) is 0 Å². The first kappa shape index (κ1) is 11.6. The normalized spacial score (nSPS) is 11.3. The number of nitrogens with two attached hydrogens (primary N) is 1. The summed E-state index contributed by atoms with van der Waals surface area (Å²) < 4.78 is -1.07. The third-order valence-corrected chi connectivity index (χ3v) is 2.92. The molecular weight excluding hydrogens is 218 g/mol. The number of carboxylic acid groups (broad SMARTS) is 1. The van der Waals surface area contributed by atoms with Gasteiger partial charge in [0.1, 0.15) is 15.5 Å². The molecule has 0 spiro atoms. The second-order valence-electron chi connectivity index (χ2n) is 3.37. The zero-order chi connectivity index (χ0) is 11.6. The van der Waals surface area contributed by atoms with Crippen molar-refractivity contribution in [3.63, 3.8) is 0 Å². The van der Waals surface area contributed by atoms with E-state index in [1.54, 1.807) is 0 Å². The van der Waals surface area contributed by atoms with E-state index in [1.165, 1.54) is 20.2 Å². The molecule has 0 radical (unpaired) electrons. The van der Waals surface area contributed by atoms with Crippen LogP contribution in [0.5, 0.6) is 0 Å². The van der Waals surface area contributed by atoms with Crippen LogP contribution in [0, 0.1) is 0 Å². The number of carboxylic acids is 1. The number of aromatic amines is 1. The van der Waals surface area contributed by atoms with Gasteiger partial charge in [-0.3, -0.25) is 9.59 Å². The number of hydrogen-bond acceptors (Lipinski definition) is 5. The van der Waals surface area contributed by atoms with Gasteiger partial charge in [-0.15, -0.1) is 0 Å². The molecule has 4 N–H and O–H groups in total. The van der Waals surface area contributed by atoms with Crippen LogP contribution in [0.15, 0.2) is 16.1 Å². The number of aliphatic carboxylic acids is 1. The number of nitrogens with one attached hydrogen (secondary N) is 1. The Morgan fingerprint density at radius 3 is 2.80 bits per heavy atom. The third-order valence-electron chi connectivity index (χ3n) is 1.72. The van der Waals surface area contributed by atoms with Crippen molar-refractivity contribution in [3.05, 3.63) is 16.7 Å². The summed E-state index contributed by atoms with van der Waals surface area (Å²) in [6, 6.07) is 0. The summed E-state index contributed by atoms with van der Waals surface area (Å²) in [6.45, 7) is 3.03. The number of hydrogen-bond donors (Lipinski definition) is 3. The van der Waals surface area contributed by atoms with Crippen molar-refractivity contribution < 1.29 is 9.90 Å². The number of nitrogens with zero attached hydrogens (tertiary/aromatic N) is 1. The highest BCUT2D eigenvalue weighted by molar-refractivity contribution is 8.01. The fourth-order valence-corrected chi connectivity index (χ4v) is 1.64. The summed E-state index contributed by atoms with van der Waals surface area (Å²) in [6.07, 6.45) is 1.19. The lowest BCUT2D eigenvalue weighted by Crippen LogP contribution is -2.28. The van der Waals surface area contributed by atoms with Gasteiger partial charge in [0.2, 0.25) is 0 Å². The molecule has 0 unspecified atom stereocenters. The van der Waals surface area contributed by atoms with Crippen molar-refractivity contribution in [3.8, 4) is 0 Å². The van der Waals surface area contributed by atoms with Crippen molar-refractivity contribution in [1.82, 2.24) is 9.97 Å². The summed E-state index contributed by atoms with van der Waals surface area (Å²) in [5.41, 5.74) is 4.95. The lowest BCUT2D eigenvalue weighted by atomic mass is 10.2. The fraction of sp³-hybridized carbons (Fsp3) is 0.375. The molecule has 1 rings (SSSR count).